The molecule has 0 unspecified atom stereocenters. The van der Waals surface area contributed by atoms with Crippen molar-refractivity contribution in [3.05, 3.63) is 53.6 Å². The Morgan fingerprint density at radius 3 is 2.42 bits per heavy atom. The van der Waals surface area contributed by atoms with Crippen LogP contribution in [0, 0.1) is 0 Å². The van der Waals surface area contributed by atoms with Gasteiger partial charge in [-0.25, -0.2) is 0 Å². The van der Waals surface area contributed by atoms with Crippen molar-refractivity contribution >= 4 is 17.6 Å². The lowest BCUT2D eigenvalue weighted by molar-refractivity contribution is -0.119. The number of hydrogen-bond donors (Lipinski definition) is 2. The fourth-order valence-corrected chi connectivity index (χ4v) is 3.64. The molecule has 166 valence electrons. The molecule has 0 atom stereocenters. The zero-order valence-electron chi connectivity index (χ0n) is 18.6. The largest absolute Gasteiger partial charge is 0.493 e. The van der Waals surface area contributed by atoms with Crippen molar-refractivity contribution < 1.29 is 14.3 Å². The molecule has 1 fully saturated rings. The van der Waals surface area contributed by atoms with E-state index >= 15 is 0 Å². The fraction of sp³-hybridized carbons (Fsp3) is 0.417. The summed E-state index contributed by atoms with van der Waals surface area (Å²) in [6.07, 6.45) is 3.55. The minimum Gasteiger partial charge on any atom is -0.493 e. The number of anilines is 1. The molecule has 0 aliphatic carbocycles. The number of aliphatic imine (C=N–C) groups is 1. The van der Waals surface area contributed by atoms with Gasteiger partial charge in [-0.15, -0.1) is 0 Å². The Hall–Kier alpha value is -3.22. The van der Waals surface area contributed by atoms with E-state index in [0.29, 0.717) is 13.0 Å². The number of rotatable bonds is 8. The summed E-state index contributed by atoms with van der Waals surface area (Å²) < 4.78 is 10.6. The van der Waals surface area contributed by atoms with E-state index in [0.717, 1.165) is 66.6 Å². The quantitative estimate of drug-likeness (QED) is 0.503. The van der Waals surface area contributed by atoms with Gasteiger partial charge in [-0.3, -0.25) is 9.79 Å². The lowest BCUT2D eigenvalue weighted by Gasteiger charge is -2.26. The number of methoxy groups -OCH3 is 2. The van der Waals surface area contributed by atoms with Crippen LogP contribution in [0.1, 0.15) is 30.4 Å². The predicted molar refractivity (Wildman–Crippen MR) is 124 cm³/mol. The van der Waals surface area contributed by atoms with Gasteiger partial charge in [0.05, 0.1) is 14.2 Å². The van der Waals surface area contributed by atoms with Crippen molar-refractivity contribution in [3.63, 3.8) is 0 Å². The molecule has 1 amide bonds. The first-order valence-electron chi connectivity index (χ1n) is 10.7. The van der Waals surface area contributed by atoms with Crippen molar-refractivity contribution in [2.75, 3.05) is 39.3 Å². The first kappa shape index (κ1) is 22.5. The average molecular weight is 425 g/mol. The summed E-state index contributed by atoms with van der Waals surface area (Å²) in [4.78, 5) is 18.3. The monoisotopic (exact) mass is 424 g/mol. The highest BCUT2D eigenvalue weighted by Crippen LogP contribution is 2.27. The third-order valence-corrected chi connectivity index (χ3v) is 5.41. The molecule has 0 bridgehead atoms. The maximum Gasteiger partial charge on any atom is 0.226 e. The summed E-state index contributed by atoms with van der Waals surface area (Å²) >= 11 is 0. The van der Waals surface area contributed by atoms with Crippen LogP contribution in [0.5, 0.6) is 11.5 Å². The smallest absolute Gasteiger partial charge is 0.226 e. The second kappa shape index (κ2) is 11.2. The SMILES string of the molecule is CN=C(NCCc1ccc(OC)c(OC)c1)NCc1ccc(N2CCCCC2=O)cc1. The van der Waals surface area contributed by atoms with Gasteiger partial charge in [-0.1, -0.05) is 18.2 Å². The molecule has 0 radical (unpaired) electrons. The van der Waals surface area contributed by atoms with Gasteiger partial charge in [-0.05, 0) is 54.7 Å². The number of guanidine groups is 1. The Balaban J connectivity index is 1.46. The average Bonchev–Trinajstić information content (AvgIpc) is 2.81. The van der Waals surface area contributed by atoms with Gasteiger partial charge in [0.1, 0.15) is 0 Å². The van der Waals surface area contributed by atoms with E-state index in [1.165, 1.54) is 0 Å². The number of ether oxygens (including phenoxy) is 2. The summed E-state index contributed by atoms with van der Waals surface area (Å²) in [5, 5.41) is 6.67. The van der Waals surface area contributed by atoms with Gasteiger partial charge in [0, 0.05) is 38.8 Å². The van der Waals surface area contributed by atoms with Crippen molar-refractivity contribution in [2.24, 2.45) is 4.99 Å². The molecule has 7 nitrogen and oxygen atoms in total. The summed E-state index contributed by atoms with van der Waals surface area (Å²) in [6, 6.07) is 14.1. The zero-order valence-corrected chi connectivity index (χ0v) is 18.6. The molecule has 3 rings (SSSR count). The molecule has 2 aromatic rings. The lowest BCUT2D eigenvalue weighted by Crippen LogP contribution is -2.38. The molecule has 31 heavy (non-hydrogen) atoms. The van der Waals surface area contributed by atoms with Crippen LogP contribution in [0.3, 0.4) is 0 Å². The minimum absolute atomic E-state index is 0.219. The molecule has 0 saturated carbocycles. The van der Waals surface area contributed by atoms with Gasteiger partial charge < -0.3 is 25.0 Å². The molecular weight excluding hydrogens is 392 g/mol. The number of piperidine rings is 1. The van der Waals surface area contributed by atoms with E-state index in [-0.39, 0.29) is 5.91 Å². The Morgan fingerprint density at radius 2 is 1.74 bits per heavy atom. The van der Waals surface area contributed by atoms with E-state index in [9.17, 15) is 4.79 Å². The summed E-state index contributed by atoms with van der Waals surface area (Å²) in [5.74, 6) is 2.43. The van der Waals surface area contributed by atoms with E-state index in [1.54, 1.807) is 21.3 Å². The van der Waals surface area contributed by atoms with E-state index in [4.69, 9.17) is 9.47 Å². The molecular formula is C24H32N4O3. The maximum absolute atomic E-state index is 12.1. The third-order valence-electron chi connectivity index (χ3n) is 5.41. The van der Waals surface area contributed by atoms with Crippen LogP contribution >= 0.6 is 0 Å². The van der Waals surface area contributed by atoms with Gasteiger partial charge in [0.25, 0.3) is 0 Å². The Morgan fingerprint density at radius 1 is 1.00 bits per heavy atom. The van der Waals surface area contributed by atoms with Crippen LogP contribution in [-0.4, -0.2) is 46.2 Å². The van der Waals surface area contributed by atoms with Gasteiger partial charge in [-0.2, -0.15) is 0 Å². The van der Waals surface area contributed by atoms with E-state index in [2.05, 4.69) is 27.8 Å². The highest BCUT2D eigenvalue weighted by atomic mass is 16.5. The van der Waals surface area contributed by atoms with Crippen LogP contribution in [0.15, 0.2) is 47.5 Å². The van der Waals surface area contributed by atoms with Crippen LogP contribution in [-0.2, 0) is 17.8 Å². The normalized spacial score (nSPS) is 14.4. The number of nitrogens with zero attached hydrogens (tertiary/aromatic N) is 2. The Labute approximate surface area is 184 Å². The molecule has 0 aromatic heterocycles. The molecule has 1 aliphatic heterocycles. The van der Waals surface area contributed by atoms with Crippen molar-refractivity contribution in [2.45, 2.75) is 32.2 Å². The maximum atomic E-state index is 12.1. The number of hydrogen-bond acceptors (Lipinski definition) is 4. The van der Waals surface area contributed by atoms with Gasteiger partial charge in [0.15, 0.2) is 17.5 Å². The molecule has 1 aliphatic rings. The standard InChI is InChI=1S/C24H32N4O3/c1-25-24(26-14-13-18-9-12-21(30-2)22(16-18)31-3)27-17-19-7-10-20(11-8-19)28-15-5-4-6-23(28)29/h7-12,16H,4-6,13-15,17H2,1-3H3,(H2,25,26,27). The highest BCUT2D eigenvalue weighted by Gasteiger charge is 2.19. The van der Waals surface area contributed by atoms with Gasteiger partial charge >= 0.3 is 0 Å². The van der Waals surface area contributed by atoms with Crippen molar-refractivity contribution in [3.8, 4) is 11.5 Å². The molecule has 2 N–H and O–H groups in total. The van der Waals surface area contributed by atoms with Crippen LogP contribution in [0.25, 0.3) is 0 Å². The summed E-state index contributed by atoms with van der Waals surface area (Å²) in [5.41, 5.74) is 3.27. The number of carbonyl (C=O) groups is 1. The van der Waals surface area contributed by atoms with Crippen LogP contribution in [0.2, 0.25) is 0 Å². The number of amides is 1. The van der Waals surface area contributed by atoms with E-state index < -0.39 is 0 Å². The summed E-state index contributed by atoms with van der Waals surface area (Å²) in [6.45, 7) is 2.21. The molecule has 1 heterocycles. The number of nitrogens with one attached hydrogen (secondary N) is 2. The number of benzene rings is 2. The van der Waals surface area contributed by atoms with E-state index in [1.807, 2.05) is 35.2 Å². The van der Waals surface area contributed by atoms with Crippen LogP contribution < -0.4 is 25.0 Å². The number of carbonyl (C=O) groups excluding carboxylic acids is 1. The zero-order chi connectivity index (χ0) is 22.1. The first-order valence-corrected chi connectivity index (χ1v) is 10.7. The second-order valence-corrected chi connectivity index (χ2v) is 7.46. The topological polar surface area (TPSA) is 75.2 Å². The lowest BCUT2D eigenvalue weighted by atomic mass is 10.1. The summed E-state index contributed by atoms with van der Waals surface area (Å²) in [7, 11) is 5.04. The highest BCUT2D eigenvalue weighted by molar-refractivity contribution is 5.93. The second-order valence-electron chi connectivity index (χ2n) is 7.46. The fourth-order valence-electron chi connectivity index (χ4n) is 3.64. The molecule has 2 aromatic carbocycles. The van der Waals surface area contributed by atoms with Crippen LogP contribution in [0.4, 0.5) is 5.69 Å². The Kier molecular flexibility index (Phi) is 8.15. The third kappa shape index (κ3) is 6.13. The molecule has 0 spiro atoms. The predicted octanol–water partition coefficient (Wildman–Crippen LogP) is 3.13. The van der Waals surface area contributed by atoms with Crippen molar-refractivity contribution in [1.29, 1.82) is 0 Å². The first-order chi connectivity index (χ1) is 15.1. The van der Waals surface area contributed by atoms with Crippen molar-refractivity contribution in [1.82, 2.24) is 10.6 Å². The molecule has 7 heteroatoms. The minimum atomic E-state index is 0.219. The Bertz CT molecular complexity index is 896. The molecule has 1 saturated heterocycles. The van der Waals surface area contributed by atoms with Gasteiger partial charge in [0.2, 0.25) is 5.91 Å².